The highest BCUT2D eigenvalue weighted by Gasteiger charge is 2.39. The van der Waals surface area contributed by atoms with Crippen LogP contribution in [0.2, 0.25) is 0 Å². The van der Waals surface area contributed by atoms with E-state index in [4.69, 9.17) is 0 Å². The third kappa shape index (κ3) is 1.66. The lowest BCUT2D eigenvalue weighted by molar-refractivity contribution is 0.387. The van der Waals surface area contributed by atoms with Crippen LogP contribution in [-0.4, -0.2) is 43.1 Å². The fraction of sp³-hybridized carbons (Fsp3) is 0.727. The third-order valence-electron chi connectivity index (χ3n) is 3.55. The Morgan fingerprint density at radius 3 is 2.47 bits per heavy atom. The minimum Gasteiger partial charge on any atom is -0.347 e. The molecule has 82 valence electrons. The Balaban J connectivity index is 1.73. The van der Waals surface area contributed by atoms with Crippen molar-refractivity contribution in [3.63, 3.8) is 0 Å². The number of rotatable bonds is 1. The molecule has 2 unspecified atom stereocenters. The Morgan fingerprint density at radius 1 is 1.27 bits per heavy atom. The topological polar surface area (TPSA) is 19.4 Å². The Hall–Kier alpha value is -0.610. The normalized spacial score (nSPS) is 31.2. The third-order valence-corrected chi connectivity index (χ3v) is 4.57. The number of anilines is 1. The molecule has 0 amide bonds. The van der Waals surface area contributed by atoms with Crippen molar-refractivity contribution in [1.82, 2.24) is 9.88 Å². The molecular formula is C11H17N3S. The van der Waals surface area contributed by atoms with E-state index in [1.807, 2.05) is 0 Å². The van der Waals surface area contributed by atoms with Crippen molar-refractivity contribution < 1.29 is 0 Å². The van der Waals surface area contributed by atoms with Crippen LogP contribution < -0.4 is 4.90 Å². The second-order valence-electron chi connectivity index (χ2n) is 4.92. The van der Waals surface area contributed by atoms with Crippen molar-refractivity contribution in [2.45, 2.75) is 6.92 Å². The largest absolute Gasteiger partial charge is 0.347 e. The first kappa shape index (κ1) is 9.60. The zero-order chi connectivity index (χ0) is 10.4. The molecule has 0 aliphatic carbocycles. The Kier molecular flexibility index (Phi) is 2.21. The smallest absolute Gasteiger partial charge is 0.185 e. The minimum atomic E-state index is 0.874. The summed E-state index contributed by atoms with van der Waals surface area (Å²) < 4.78 is 0. The molecule has 0 spiro atoms. The molecule has 3 rings (SSSR count). The van der Waals surface area contributed by atoms with E-state index >= 15 is 0 Å². The molecule has 2 aliphatic heterocycles. The van der Waals surface area contributed by atoms with Gasteiger partial charge in [-0.2, -0.15) is 0 Å². The molecule has 4 heteroatoms. The first-order chi connectivity index (χ1) is 7.22. The van der Waals surface area contributed by atoms with Gasteiger partial charge in [-0.3, -0.25) is 0 Å². The summed E-state index contributed by atoms with van der Waals surface area (Å²) in [6.45, 7) is 7.03. The lowest BCUT2D eigenvalue weighted by atomic mass is 10.0. The SMILES string of the molecule is Cc1csc(N2CC3CN(C)CC3C2)n1. The standard InChI is InChI=1S/C11H17N3S/c1-8-7-15-11(12-8)14-5-9-3-13(2)4-10(9)6-14/h7,9-10H,3-6H2,1-2H3. The summed E-state index contributed by atoms with van der Waals surface area (Å²) in [7, 11) is 2.23. The fourth-order valence-electron chi connectivity index (χ4n) is 2.87. The summed E-state index contributed by atoms with van der Waals surface area (Å²) in [4.78, 5) is 9.50. The summed E-state index contributed by atoms with van der Waals surface area (Å²) in [5.74, 6) is 1.75. The molecule has 2 aliphatic rings. The maximum atomic E-state index is 4.57. The molecule has 0 saturated carbocycles. The Morgan fingerprint density at radius 2 is 1.93 bits per heavy atom. The molecule has 15 heavy (non-hydrogen) atoms. The van der Waals surface area contributed by atoms with E-state index in [2.05, 4.69) is 34.1 Å². The first-order valence-corrected chi connectivity index (χ1v) is 6.46. The highest BCUT2D eigenvalue weighted by atomic mass is 32.1. The summed E-state index contributed by atoms with van der Waals surface area (Å²) in [6.07, 6.45) is 0. The van der Waals surface area contributed by atoms with Crippen LogP contribution in [0.4, 0.5) is 5.13 Å². The highest BCUT2D eigenvalue weighted by Crippen LogP contribution is 2.34. The summed E-state index contributed by atoms with van der Waals surface area (Å²) in [6, 6.07) is 0. The van der Waals surface area contributed by atoms with Gasteiger partial charge in [0.1, 0.15) is 0 Å². The van der Waals surface area contributed by atoms with Crippen LogP contribution in [0.25, 0.3) is 0 Å². The van der Waals surface area contributed by atoms with E-state index in [0.717, 1.165) is 17.5 Å². The monoisotopic (exact) mass is 223 g/mol. The number of hydrogen-bond donors (Lipinski definition) is 0. The van der Waals surface area contributed by atoms with Gasteiger partial charge in [-0.1, -0.05) is 0 Å². The van der Waals surface area contributed by atoms with Crippen LogP contribution in [-0.2, 0) is 0 Å². The average molecular weight is 223 g/mol. The van der Waals surface area contributed by atoms with Gasteiger partial charge >= 0.3 is 0 Å². The molecule has 0 aromatic carbocycles. The van der Waals surface area contributed by atoms with Crippen LogP contribution in [0.1, 0.15) is 5.69 Å². The minimum absolute atomic E-state index is 0.874. The molecular weight excluding hydrogens is 206 g/mol. The maximum absolute atomic E-state index is 4.57. The van der Waals surface area contributed by atoms with Gasteiger partial charge in [-0.05, 0) is 25.8 Å². The van der Waals surface area contributed by atoms with Crippen LogP contribution in [0.3, 0.4) is 0 Å². The lowest BCUT2D eigenvalue weighted by Gasteiger charge is -2.17. The first-order valence-electron chi connectivity index (χ1n) is 5.58. The van der Waals surface area contributed by atoms with Crippen LogP contribution >= 0.6 is 11.3 Å². The average Bonchev–Trinajstić information content (AvgIpc) is 2.78. The number of hydrogen-bond acceptors (Lipinski definition) is 4. The molecule has 3 nitrogen and oxygen atoms in total. The number of fused-ring (bicyclic) bond motifs is 1. The molecule has 2 fully saturated rings. The second-order valence-corrected chi connectivity index (χ2v) is 5.75. The van der Waals surface area contributed by atoms with Gasteiger partial charge < -0.3 is 9.80 Å². The van der Waals surface area contributed by atoms with Crippen molar-refractivity contribution in [1.29, 1.82) is 0 Å². The molecule has 2 saturated heterocycles. The van der Waals surface area contributed by atoms with Crippen molar-refractivity contribution >= 4 is 16.5 Å². The molecule has 0 N–H and O–H groups in total. The molecule has 0 bridgehead atoms. The Bertz CT molecular complexity index is 348. The van der Waals surface area contributed by atoms with Crippen molar-refractivity contribution in [2.24, 2.45) is 11.8 Å². The van der Waals surface area contributed by atoms with Gasteiger partial charge in [0.2, 0.25) is 0 Å². The van der Waals surface area contributed by atoms with Gasteiger partial charge in [0.05, 0.1) is 5.69 Å². The van der Waals surface area contributed by atoms with Crippen LogP contribution in [0.5, 0.6) is 0 Å². The van der Waals surface area contributed by atoms with E-state index in [1.165, 1.54) is 31.3 Å². The maximum Gasteiger partial charge on any atom is 0.185 e. The number of likely N-dealkylation sites (tertiary alicyclic amines) is 1. The van der Waals surface area contributed by atoms with E-state index in [9.17, 15) is 0 Å². The molecule has 0 radical (unpaired) electrons. The number of nitrogens with zero attached hydrogens (tertiary/aromatic N) is 3. The summed E-state index contributed by atoms with van der Waals surface area (Å²) in [5, 5.41) is 3.37. The van der Waals surface area contributed by atoms with Crippen molar-refractivity contribution in [3.05, 3.63) is 11.1 Å². The van der Waals surface area contributed by atoms with Crippen LogP contribution in [0.15, 0.2) is 5.38 Å². The summed E-state index contributed by atoms with van der Waals surface area (Å²) >= 11 is 1.79. The van der Waals surface area contributed by atoms with Crippen molar-refractivity contribution in [3.8, 4) is 0 Å². The molecule has 1 aromatic rings. The predicted molar refractivity (Wildman–Crippen MR) is 63.5 cm³/mol. The molecule has 3 heterocycles. The lowest BCUT2D eigenvalue weighted by Crippen LogP contribution is -2.26. The fourth-order valence-corrected chi connectivity index (χ4v) is 3.69. The number of aromatic nitrogens is 1. The number of aryl methyl sites for hydroxylation is 1. The highest BCUT2D eigenvalue weighted by molar-refractivity contribution is 7.13. The molecule has 1 aromatic heterocycles. The van der Waals surface area contributed by atoms with E-state index in [0.29, 0.717) is 0 Å². The van der Waals surface area contributed by atoms with E-state index < -0.39 is 0 Å². The Labute approximate surface area is 94.7 Å². The van der Waals surface area contributed by atoms with Gasteiger partial charge in [-0.15, -0.1) is 11.3 Å². The second kappa shape index (κ2) is 3.46. The van der Waals surface area contributed by atoms with E-state index in [-0.39, 0.29) is 0 Å². The quantitative estimate of drug-likeness (QED) is 0.718. The number of thiazole rings is 1. The van der Waals surface area contributed by atoms with Crippen LogP contribution in [0, 0.1) is 18.8 Å². The molecule has 2 atom stereocenters. The van der Waals surface area contributed by atoms with Gasteiger partial charge in [0.25, 0.3) is 0 Å². The zero-order valence-electron chi connectivity index (χ0n) is 9.31. The van der Waals surface area contributed by atoms with Gasteiger partial charge in [0.15, 0.2) is 5.13 Å². The van der Waals surface area contributed by atoms with Gasteiger partial charge in [0, 0.05) is 31.6 Å². The zero-order valence-corrected chi connectivity index (χ0v) is 10.1. The predicted octanol–water partition coefficient (Wildman–Crippen LogP) is 1.45. The van der Waals surface area contributed by atoms with Crippen molar-refractivity contribution in [2.75, 3.05) is 38.1 Å². The van der Waals surface area contributed by atoms with Gasteiger partial charge in [-0.25, -0.2) is 4.98 Å². The summed E-state index contributed by atoms with van der Waals surface area (Å²) in [5.41, 5.74) is 1.16. The van der Waals surface area contributed by atoms with E-state index in [1.54, 1.807) is 11.3 Å².